The predicted molar refractivity (Wildman–Crippen MR) is 93.9 cm³/mol. The molecule has 3 N–H and O–H groups in total. The molecule has 1 aliphatic heterocycles. The molecule has 0 saturated carbocycles. The number of fused-ring (bicyclic) bond motifs is 3. The largest absolute Gasteiger partial charge is 0.506 e. The van der Waals surface area contributed by atoms with Crippen LogP contribution in [0.25, 0.3) is 22.7 Å². The summed E-state index contributed by atoms with van der Waals surface area (Å²) in [4.78, 5) is 12.3. The first-order valence-corrected chi connectivity index (χ1v) is 8.18. The summed E-state index contributed by atoms with van der Waals surface area (Å²) < 4.78 is 1.08. The van der Waals surface area contributed by atoms with Crippen LogP contribution in [0.4, 0.5) is 5.69 Å². The molecular formula is C15H8Br2N4O2. The van der Waals surface area contributed by atoms with E-state index < -0.39 is 0 Å². The molecule has 6 nitrogen and oxygen atoms in total. The van der Waals surface area contributed by atoms with Crippen molar-refractivity contribution in [1.82, 2.24) is 15.4 Å². The predicted octanol–water partition coefficient (Wildman–Crippen LogP) is 3.68. The van der Waals surface area contributed by atoms with E-state index in [1.807, 2.05) is 12.1 Å². The normalized spacial score (nSPS) is 15.2. The fourth-order valence-electron chi connectivity index (χ4n) is 2.57. The van der Waals surface area contributed by atoms with Gasteiger partial charge in [-0.05, 0) is 67.8 Å². The van der Waals surface area contributed by atoms with Crippen molar-refractivity contribution in [2.75, 3.05) is 5.32 Å². The van der Waals surface area contributed by atoms with E-state index in [9.17, 15) is 9.90 Å². The fraction of sp³-hybridized carbons (Fsp3) is 0. The van der Waals surface area contributed by atoms with E-state index in [2.05, 4.69) is 52.6 Å². The van der Waals surface area contributed by atoms with Gasteiger partial charge in [0, 0.05) is 5.56 Å². The fourth-order valence-corrected chi connectivity index (χ4v) is 3.79. The standard InChI is InChI=1S/C15H8Br2N4O2/c16-8-4-6(5-9(17)14(8)22)3-7-12-10(18-15(7)23)1-2-11-13(12)20-21-19-11/h1-5,22H,(H,18,23)(H,19,20,21)/b7-3+. The molecular weight excluding hydrogens is 428 g/mol. The molecule has 0 spiro atoms. The van der Waals surface area contributed by atoms with E-state index in [1.54, 1.807) is 18.2 Å². The Labute approximate surface area is 146 Å². The van der Waals surface area contributed by atoms with Gasteiger partial charge in [0.2, 0.25) is 0 Å². The lowest BCUT2D eigenvalue weighted by molar-refractivity contribution is -0.110. The number of H-pyrrole nitrogens is 1. The molecule has 4 rings (SSSR count). The second kappa shape index (κ2) is 5.17. The minimum absolute atomic E-state index is 0.113. The van der Waals surface area contributed by atoms with Crippen LogP contribution in [0.15, 0.2) is 33.2 Å². The highest BCUT2D eigenvalue weighted by atomic mass is 79.9. The number of aromatic amines is 1. The summed E-state index contributed by atoms with van der Waals surface area (Å²) in [7, 11) is 0. The maximum Gasteiger partial charge on any atom is 0.256 e. The number of phenolic OH excluding ortho intramolecular Hbond substituents is 1. The summed E-state index contributed by atoms with van der Waals surface area (Å²) in [6.07, 6.45) is 1.75. The number of rotatable bonds is 1. The molecule has 2 heterocycles. The molecule has 8 heteroatoms. The summed E-state index contributed by atoms with van der Waals surface area (Å²) in [6, 6.07) is 7.12. The second-order valence-corrected chi connectivity index (χ2v) is 6.75. The third kappa shape index (κ3) is 2.25. The van der Waals surface area contributed by atoms with Crippen LogP contribution < -0.4 is 5.32 Å². The van der Waals surface area contributed by atoms with Crippen LogP contribution in [0.1, 0.15) is 11.1 Å². The number of phenols is 1. The summed E-state index contributed by atoms with van der Waals surface area (Å²) in [5.74, 6) is -0.0851. The van der Waals surface area contributed by atoms with Gasteiger partial charge in [0.25, 0.3) is 5.91 Å². The molecule has 0 saturated heterocycles. The van der Waals surface area contributed by atoms with Crippen molar-refractivity contribution in [3.8, 4) is 5.75 Å². The Balaban J connectivity index is 1.94. The van der Waals surface area contributed by atoms with Gasteiger partial charge < -0.3 is 10.4 Å². The van der Waals surface area contributed by atoms with Crippen LogP contribution in [0.2, 0.25) is 0 Å². The summed E-state index contributed by atoms with van der Waals surface area (Å²) >= 11 is 6.58. The van der Waals surface area contributed by atoms with Gasteiger partial charge in [-0.25, -0.2) is 0 Å². The van der Waals surface area contributed by atoms with E-state index in [-0.39, 0.29) is 11.7 Å². The first-order chi connectivity index (χ1) is 11.0. The van der Waals surface area contributed by atoms with Crippen molar-refractivity contribution in [2.24, 2.45) is 0 Å². The molecule has 1 aliphatic rings. The van der Waals surface area contributed by atoms with E-state index >= 15 is 0 Å². The van der Waals surface area contributed by atoms with Gasteiger partial charge in [0.1, 0.15) is 11.3 Å². The Kier molecular flexibility index (Phi) is 3.24. The van der Waals surface area contributed by atoms with Crippen LogP contribution in [0.5, 0.6) is 5.75 Å². The quantitative estimate of drug-likeness (QED) is 0.508. The van der Waals surface area contributed by atoms with Crippen molar-refractivity contribution in [1.29, 1.82) is 0 Å². The first-order valence-electron chi connectivity index (χ1n) is 6.60. The number of anilines is 1. The van der Waals surface area contributed by atoms with E-state index in [0.717, 1.165) is 16.6 Å². The Bertz CT molecular complexity index is 987. The van der Waals surface area contributed by atoms with Gasteiger partial charge in [-0.15, -0.1) is 5.10 Å². The lowest BCUT2D eigenvalue weighted by Gasteiger charge is -2.04. The van der Waals surface area contributed by atoms with Crippen LogP contribution >= 0.6 is 31.9 Å². The maximum absolute atomic E-state index is 12.3. The Hall–Kier alpha value is -2.19. The van der Waals surface area contributed by atoms with Crippen LogP contribution in [-0.2, 0) is 4.79 Å². The SMILES string of the molecule is O=C1Nc2ccc3[nH]nnc3c2/C1=C\c1cc(Br)c(O)c(Br)c1. The van der Waals surface area contributed by atoms with Crippen molar-refractivity contribution in [3.63, 3.8) is 0 Å². The molecule has 1 aromatic heterocycles. The number of aromatic nitrogens is 3. The molecule has 1 amide bonds. The number of hydrogen-bond acceptors (Lipinski definition) is 4. The number of benzene rings is 2. The van der Waals surface area contributed by atoms with Gasteiger partial charge in [-0.2, -0.15) is 0 Å². The van der Waals surface area contributed by atoms with Crippen molar-refractivity contribution < 1.29 is 9.90 Å². The van der Waals surface area contributed by atoms with Gasteiger partial charge in [0.15, 0.2) is 0 Å². The van der Waals surface area contributed by atoms with Crippen molar-refractivity contribution >= 4 is 66.1 Å². The molecule has 3 aromatic rings. The lowest BCUT2D eigenvalue weighted by atomic mass is 10.0. The molecule has 2 aromatic carbocycles. The Morgan fingerprint density at radius 3 is 2.65 bits per heavy atom. The third-order valence-corrected chi connectivity index (χ3v) is 4.82. The van der Waals surface area contributed by atoms with Gasteiger partial charge in [-0.3, -0.25) is 9.89 Å². The summed E-state index contributed by atoms with van der Waals surface area (Å²) in [5.41, 5.74) is 4.10. The highest BCUT2D eigenvalue weighted by molar-refractivity contribution is 9.11. The molecule has 114 valence electrons. The summed E-state index contributed by atoms with van der Waals surface area (Å²) in [6.45, 7) is 0. The highest BCUT2D eigenvalue weighted by Crippen LogP contribution is 2.39. The van der Waals surface area contributed by atoms with Gasteiger partial charge >= 0.3 is 0 Å². The van der Waals surface area contributed by atoms with Crippen molar-refractivity contribution in [3.05, 3.63) is 44.3 Å². The molecule has 0 unspecified atom stereocenters. The van der Waals surface area contributed by atoms with Crippen LogP contribution in [-0.4, -0.2) is 26.4 Å². The van der Waals surface area contributed by atoms with Gasteiger partial charge in [-0.1, -0.05) is 5.21 Å². The number of carbonyl (C=O) groups is 1. The van der Waals surface area contributed by atoms with E-state index in [0.29, 0.717) is 25.7 Å². The van der Waals surface area contributed by atoms with E-state index in [4.69, 9.17) is 0 Å². The first kappa shape index (κ1) is 14.4. The minimum atomic E-state index is -0.198. The maximum atomic E-state index is 12.3. The molecule has 0 radical (unpaired) electrons. The zero-order valence-electron chi connectivity index (χ0n) is 11.4. The lowest BCUT2D eigenvalue weighted by Crippen LogP contribution is -2.03. The number of nitrogens with one attached hydrogen (secondary N) is 2. The minimum Gasteiger partial charge on any atom is -0.506 e. The molecule has 0 aliphatic carbocycles. The van der Waals surface area contributed by atoms with Crippen LogP contribution in [0, 0.1) is 0 Å². The average molecular weight is 436 g/mol. The van der Waals surface area contributed by atoms with Gasteiger partial charge in [0.05, 0.1) is 25.7 Å². The van der Waals surface area contributed by atoms with Crippen molar-refractivity contribution in [2.45, 2.75) is 0 Å². The third-order valence-electron chi connectivity index (χ3n) is 3.61. The molecule has 0 atom stereocenters. The molecule has 23 heavy (non-hydrogen) atoms. The molecule has 0 bridgehead atoms. The zero-order valence-corrected chi connectivity index (χ0v) is 14.6. The van der Waals surface area contributed by atoms with E-state index in [1.165, 1.54) is 0 Å². The number of hydrogen-bond donors (Lipinski definition) is 3. The number of amides is 1. The number of aromatic hydroxyl groups is 1. The number of nitrogens with zero attached hydrogens (tertiary/aromatic N) is 2. The second-order valence-electron chi connectivity index (χ2n) is 5.04. The number of halogens is 2. The number of carbonyl (C=O) groups excluding carboxylic acids is 1. The Morgan fingerprint density at radius 2 is 1.91 bits per heavy atom. The molecule has 0 fully saturated rings. The van der Waals surface area contributed by atoms with Crippen LogP contribution in [0.3, 0.4) is 0 Å². The topological polar surface area (TPSA) is 90.9 Å². The average Bonchev–Trinajstić information content (AvgIpc) is 3.09. The zero-order chi connectivity index (χ0) is 16.1. The summed E-state index contributed by atoms with van der Waals surface area (Å²) in [5, 5.41) is 23.3. The Morgan fingerprint density at radius 1 is 1.17 bits per heavy atom. The smallest absolute Gasteiger partial charge is 0.256 e. The monoisotopic (exact) mass is 434 g/mol. The highest BCUT2D eigenvalue weighted by Gasteiger charge is 2.27.